The molecule has 5 amide bonds. The van der Waals surface area contributed by atoms with Gasteiger partial charge in [0.15, 0.2) is 35.8 Å². The first-order chi connectivity index (χ1) is 35.8. The van der Waals surface area contributed by atoms with Crippen LogP contribution in [0.3, 0.4) is 0 Å². The maximum Gasteiger partial charge on any atom is 0.326 e. The molecule has 0 radical (unpaired) electrons. The van der Waals surface area contributed by atoms with Gasteiger partial charge in [-0.1, -0.05) is 31.2 Å². The first kappa shape index (κ1) is 54.2. The average molecular weight is 1020 g/mol. The van der Waals surface area contributed by atoms with E-state index in [-0.39, 0.29) is 67.9 Å². The van der Waals surface area contributed by atoms with Gasteiger partial charge in [0.2, 0.25) is 23.5 Å². The summed E-state index contributed by atoms with van der Waals surface area (Å²) in [6.07, 6.45) is 3.05. The normalized spacial score (nSPS) is 18.7. The van der Waals surface area contributed by atoms with Gasteiger partial charge in [-0.05, 0) is 123 Å². The fraction of sp³-hybridized carbons (Fsp3) is 0.455. The van der Waals surface area contributed by atoms with Crippen LogP contribution in [-0.4, -0.2) is 129 Å². The molecule has 3 aliphatic heterocycles. The first-order valence-electron chi connectivity index (χ1n) is 24.9. The van der Waals surface area contributed by atoms with Crippen molar-refractivity contribution in [2.75, 3.05) is 61.9 Å². The van der Waals surface area contributed by atoms with Gasteiger partial charge in [0.05, 0.1) is 59.2 Å². The predicted molar refractivity (Wildman–Crippen MR) is 269 cm³/mol. The van der Waals surface area contributed by atoms with Gasteiger partial charge in [0.1, 0.15) is 23.6 Å². The van der Waals surface area contributed by atoms with Gasteiger partial charge in [-0.25, -0.2) is 4.79 Å². The van der Waals surface area contributed by atoms with E-state index in [0.29, 0.717) is 90.9 Å². The molecule has 74 heavy (non-hydrogen) atoms. The monoisotopic (exact) mass is 1020 g/mol. The van der Waals surface area contributed by atoms with E-state index in [1.807, 2.05) is 37.3 Å². The number of imide groups is 1. The van der Waals surface area contributed by atoms with Crippen LogP contribution in [0.4, 0.5) is 0 Å². The van der Waals surface area contributed by atoms with E-state index in [0.717, 1.165) is 28.0 Å². The van der Waals surface area contributed by atoms with E-state index in [9.17, 15) is 39.0 Å². The Morgan fingerprint density at radius 3 is 2.19 bits per heavy atom. The Hall–Kier alpha value is -7.54. The summed E-state index contributed by atoms with van der Waals surface area (Å²) in [6.45, 7) is 2.52. The van der Waals surface area contributed by atoms with Crippen molar-refractivity contribution < 1.29 is 72.1 Å². The minimum absolute atomic E-state index is 0.0631. The van der Waals surface area contributed by atoms with Crippen LogP contribution in [-0.2, 0) is 36.8 Å². The van der Waals surface area contributed by atoms with Gasteiger partial charge >= 0.3 is 5.97 Å². The number of carboxylic acids is 1. The second-order valence-electron chi connectivity index (χ2n) is 18.4. The molecule has 19 heteroatoms. The van der Waals surface area contributed by atoms with Crippen molar-refractivity contribution in [1.82, 2.24) is 20.4 Å². The molecule has 4 N–H and O–H groups in total. The molecular formula is C55H66N4O15. The molecule has 4 aromatic rings. The summed E-state index contributed by atoms with van der Waals surface area (Å²) >= 11 is 0. The lowest BCUT2D eigenvalue weighted by atomic mass is 9.80. The van der Waals surface area contributed by atoms with Gasteiger partial charge < -0.3 is 53.6 Å². The minimum Gasteiger partial charge on any atom is -0.493 e. The number of aryl methyl sites for hydroxylation is 2. The van der Waals surface area contributed by atoms with E-state index < -0.39 is 47.9 Å². The topological polar surface area (TPSA) is 238 Å². The number of fused-ring (bicyclic) bond motifs is 1. The van der Waals surface area contributed by atoms with E-state index >= 15 is 0 Å². The molecule has 0 aromatic heterocycles. The van der Waals surface area contributed by atoms with Crippen molar-refractivity contribution in [2.45, 2.75) is 101 Å². The SMILES string of the molecule is CC[C@H](C(=O)N1CCC(c2c(CCCc3cccc(OCC(=O)NCCCCOc4cccc5c4C(O)N(C4CCC(=O)NC4=O)C5=O)c3)ccc(OC)c2OC)C[C@H]1C(=O)O)c1cc(OC)c(OC)c(OC)c1. The number of hydrogen-bond acceptors (Lipinski definition) is 14. The Morgan fingerprint density at radius 1 is 0.784 bits per heavy atom. The number of methoxy groups -OCH3 is 5. The number of aliphatic hydroxyl groups is 1. The smallest absolute Gasteiger partial charge is 0.326 e. The lowest BCUT2D eigenvalue weighted by molar-refractivity contribution is -0.153. The second kappa shape index (κ2) is 24.9. The Balaban J connectivity index is 0.898. The molecule has 4 aromatic carbocycles. The van der Waals surface area contributed by atoms with Gasteiger partial charge in [-0.3, -0.25) is 34.2 Å². The number of aliphatic hydroxyl groups excluding tert-OH is 1. The third kappa shape index (κ3) is 11.9. The van der Waals surface area contributed by atoms with Crippen LogP contribution in [0.5, 0.6) is 40.2 Å². The highest BCUT2D eigenvalue weighted by Crippen LogP contribution is 2.46. The Labute approximate surface area is 430 Å². The molecule has 5 atom stereocenters. The number of amides is 5. The molecule has 3 aliphatic rings. The minimum atomic E-state index is -1.41. The Kier molecular flexibility index (Phi) is 18.3. The molecule has 0 saturated carbocycles. The van der Waals surface area contributed by atoms with Crippen molar-refractivity contribution in [1.29, 1.82) is 0 Å². The van der Waals surface area contributed by atoms with Gasteiger partial charge in [-0.15, -0.1) is 0 Å². The summed E-state index contributed by atoms with van der Waals surface area (Å²) in [4.78, 5) is 80.0. The Bertz CT molecular complexity index is 2690. The molecule has 2 fully saturated rings. The van der Waals surface area contributed by atoms with E-state index in [1.54, 1.807) is 50.6 Å². The number of carboxylic acid groups (broad SMARTS) is 1. The van der Waals surface area contributed by atoms with Crippen molar-refractivity contribution >= 4 is 35.5 Å². The number of likely N-dealkylation sites (tertiary alicyclic amines) is 1. The summed E-state index contributed by atoms with van der Waals surface area (Å²) in [7, 11) is 7.64. The van der Waals surface area contributed by atoms with E-state index in [2.05, 4.69) is 10.6 Å². The zero-order valence-electron chi connectivity index (χ0n) is 42.7. The number of rotatable bonds is 24. The van der Waals surface area contributed by atoms with Crippen LogP contribution in [0.25, 0.3) is 0 Å². The quantitative estimate of drug-likeness (QED) is 0.0475. The summed E-state index contributed by atoms with van der Waals surface area (Å²) in [6, 6.07) is 17.7. The van der Waals surface area contributed by atoms with Crippen LogP contribution in [0.2, 0.25) is 0 Å². The molecule has 3 unspecified atom stereocenters. The molecular weight excluding hydrogens is 957 g/mol. The zero-order chi connectivity index (χ0) is 53.1. The lowest BCUT2D eigenvalue weighted by Crippen LogP contribution is -2.53. The van der Waals surface area contributed by atoms with Crippen LogP contribution in [0.1, 0.15) is 115 Å². The number of nitrogens with zero attached hydrogens (tertiary/aromatic N) is 2. The highest BCUT2D eigenvalue weighted by Gasteiger charge is 2.46. The summed E-state index contributed by atoms with van der Waals surface area (Å²) in [5.41, 5.74) is 4.01. The molecule has 396 valence electrons. The van der Waals surface area contributed by atoms with Gasteiger partial charge in [0.25, 0.3) is 11.8 Å². The van der Waals surface area contributed by atoms with E-state index in [4.69, 9.17) is 33.2 Å². The fourth-order valence-electron chi connectivity index (χ4n) is 10.3. The van der Waals surface area contributed by atoms with Crippen LogP contribution >= 0.6 is 0 Å². The summed E-state index contributed by atoms with van der Waals surface area (Å²) < 4.78 is 40.1. The number of aliphatic carboxylic acids is 1. The van der Waals surface area contributed by atoms with Crippen molar-refractivity contribution in [3.8, 4) is 40.2 Å². The van der Waals surface area contributed by atoms with Crippen LogP contribution in [0.15, 0.2) is 66.7 Å². The number of hydrogen-bond donors (Lipinski definition) is 4. The van der Waals surface area contributed by atoms with Crippen molar-refractivity contribution in [2.24, 2.45) is 0 Å². The fourth-order valence-corrected chi connectivity index (χ4v) is 10.3. The number of benzene rings is 4. The standard InChI is InChI=1S/C55H66N4O15/c1-7-37(35-29-43(69-3)49(71-5)44(30-35)70-4)52(63)58-25-23-34(28-40(58)55(66)67)47-33(19-21-42(68-2)50(47)72-6)15-10-13-32-14-11-16-36(27-32)74-31-46(61)56-24-8-9-26-73-41-18-12-17-38-48(41)54(65)59(53(38)64)39-20-22-45(60)57-51(39)62/h11-12,14,16-19,21,27,29-30,34,37,39-40,54,65H,7-10,13,15,20,22-26,28,31H2,1-6H3,(H,56,61)(H,66,67)(H,57,60,62)/t34?,37-,39?,40-,54?/m0/s1. The van der Waals surface area contributed by atoms with E-state index in [1.165, 1.54) is 26.2 Å². The molecule has 0 spiro atoms. The number of piperidine rings is 2. The molecule has 2 saturated heterocycles. The number of ether oxygens (including phenoxy) is 7. The third-order valence-corrected chi connectivity index (χ3v) is 14.0. The van der Waals surface area contributed by atoms with Crippen LogP contribution in [0, 0.1) is 0 Å². The zero-order valence-corrected chi connectivity index (χ0v) is 42.7. The van der Waals surface area contributed by atoms with Crippen molar-refractivity contribution in [3.05, 3.63) is 100 Å². The maximum atomic E-state index is 14.4. The lowest BCUT2D eigenvalue weighted by Gasteiger charge is -2.40. The molecule has 7 rings (SSSR count). The molecule has 19 nitrogen and oxygen atoms in total. The Morgan fingerprint density at radius 2 is 1.51 bits per heavy atom. The van der Waals surface area contributed by atoms with Gasteiger partial charge in [-0.2, -0.15) is 0 Å². The first-order valence-corrected chi connectivity index (χ1v) is 24.9. The highest BCUT2D eigenvalue weighted by molar-refractivity contribution is 6.06. The second-order valence-corrected chi connectivity index (χ2v) is 18.4. The predicted octanol–water partition coefficient (Wildman–Crippen LogP) is 5.86. The van der Waals surface area contributed by atoms with Crippen LogP contribution < -0.4 is 43.8 Å². The summed E-state index contributed by atoms with van der Waals surface area (Å²) in [5, 5.41) is 26.8. The average Bonchev–Trinajstić information content (AvgIpc) is 3.66. The van der Waals surface area contributed by atoms with Gasteiger partial charge in [0, 0.05) is 25.1 Å². The summed E-state index contributed by atoms with van der Waals surface area (Å²) in [5.74, 6) is -1.02. The largest absolute Gasteiger partial charge is 0.493 e. The number of unbranched alkanes of at least 4 members (excludes halogenated alkanes) is 1. The number of carbonyl (C=O) groups is 6. The third-order valence-electron chi connectivity index (χ3n) is 14.0. The number of carbonyl (C=O) groups excluding carboxylic acids is 5. The highest BCUT2D eigenvalue weighted by atomic mass is 16.5. The molecule has 0 aliphatic carbocycles. The number of nitrogens with one attached hydrogen (secondary N) is 2. The maximum absolute atomic E-state index is 14.4. The molecule has 3 heterocycles. The van der Waals surface area contributed by atoms with Crippen molar-refractivity contribution in [3.63, 3.8) is 0 Å². The molecule has 0 bridgehead atoms.